The number of benzene rings is 15. The van der Waals surface area contributed by atoms with Gasteiger partial charge in [0.15, 0.2) is 0 Å². The largest absolute Gasteiger partial charge is 0.311 e. The number of rotatable bonds is 14. The molecule has 0 amide bonds. The second-order valence-electron chi connectivity index (χ2n) is 24.1. The molecule has 94 heavy (non-hydrogen) atoms. The number of aromatic nitrogens is 2. The first-order valence-electron chi connectivity index (χ1n) is 32.2. The highest BCUT2D eigenvalue weighted by Gasteiger charge is 2.19. The third kappa shape index (κ3) is 10.4. The Hall–Kier alpha value is -12.5. The van der Waals surface area contributed by atoms with E-state index >= 15 is 0 Å². The van der Waals surface area contributed by atoms with Crippen LogP contribution < -0.4 is 9.80 Å². The van der Waals surface area contributed by atoms with E-state index in [9.17, 15) is 0 Å². The smallest absolute Gasteiger partial charge is 0.0541 e. The lowest BCUT2D eigenvalue weighted by Gasteiger charge is -2.26. The van der Waals surface area contributed by atoms with Crippen LogP contribution in [0.15, 0.2) is 376 Å². The molecule has 0 spiro atoms. The maximum absolute atomic E-state index is 2.37. The van der Waals surface area contributed by atoms with Gasteiger partial charge in [0.2, 0.25) is 0 Å². The summed E-state index contributed by atoms with van der Waals surface area (Å²) in [4.78, 5) is 4.71. The van der Waals surface area contributed by atoms with Gasteiger partial charge in [-0.25, -0.2) is 0 Å². The van der Waals surface area contributed by atoms with Crippen LogP contribution in [-0.2, 0) is 0 Å². The highest BCUT2D eigenvalue weighted by atomic mass is 15.1. The number of fused-ring (bicyclic) bond motifs is 6. The van der Waals surface area contributed by atoms with Gasteiger partial charge < -0.3 is 18.9 Å². The molecule has 0 bridgehead atoms. The van der Waals surface area contributed by atoms with E-state index in [0.29, 0.717) is 0 Å². The summed E-state index contributed by atoms with van der Waals surface area (Å²) in [6.45, 7) is 0. The molecule has 2 aromatic heterocycles. The molecule has 15 aromatic carbocycles. The van der Waals surface area contributed by atoms with E-state index in [-0.39, 0.29) is 0 Å². The van der Waals surface area contributed by atoms with Gasteiger partial charge in [0, 0.05) is 67.0 Å². The Morgan fingerprint density at radius 1 is 0.149 bits per heavy atom. The minimum Gasteiger partial charge on any atom is -0.311 e. The van der Waals surface area contributed by atoms with Crippen molar-refractivity contribution in [2.75, 3.05) is 9.80 Å². The van der Waals surface area contributed by atoms with Crippen molar-refractivity contribution in [2.24, 2.45) is 0 Å². The Morgan fingerprint density at radius 3 is 0.638 bits per heavy atom. The summed E-state index contributed by atoms with van der Waals surface area (Å²) in [5.41, 5.74) is 27.7. The first-order chi connectivity index (χ1) is 46.6. The summed E-state index contributed by atoms with van der Waals surface area (Å²) in [7, 11) is 0. The SMILES string of the molecule is c1ccc(-c2ccc(N(c3ccc(-c4ccc(-c5ccc(N(c6ccc(-c7ccccc7)cc6)c6ccc(-c7ccc8c(c7)c7ccccc7n8-c7ccccc7)cc6)cc5)cc4)cc3)c3ccc(-c4ccc5c(c4)c4ccccc4n5-c4ccccc4)cc3)cc2)cc1. The van der Waals surface area contributed by atoms with E-state index in [2.05, 4.69) is 395 Å². The average molecular weight is 1200 g/mol. The third-order valence-electron chi connectivity index (χ3n) is 18.6. The van der Waals surface area contributed by atoms with Gasteiger partial charge in [-0.2, -0.15) is 0 Å². The molecule has 0 unspecified atom stereocenters. The predicted molar refractivity (Wildman–Crippen MR) is 397 cm³/mol. The standard InChI is InChI=1S/C90H62N4/c1-5-17-63(18-6-1)67-33-47-77(48-34-67)91(81-55-41-71(42-56-81)73-45-59-89-85(61-73)83-25-13-15-27-87(83)93(89)75-21-9-3-10-22-75)79-51-37-69(38-52-79)65-29-31-66(32-30-65)70-39-53-80(54-40-70)92(78-49-35-68(36-50-78)64-19-7-2-8-20-64)82-57-43-72(44-58-82)74-46-60-90-86(62-74)84-26-14-16-28-88(84)94(90)76-23-11-4-12-24-76/h1-62H. The predicted octanol–water partition coefficient (Wildman–Crippen LogP) is 24.8. The molecule has 2 heterocycles. The normalized spacial score (nSPS) is 11.4. The van der Waals surface area contributed by atoms with Crippen LogP contribution in [-0.4, -0.2) is 9.13 Å². The molecule has 442 valence electrons. The molecule has 0 radical (unpaired) electrons. The van der Waals surface area contributed by atoms with Crippen molar-refractivity contribution >= 4 is 77.7 Å². The van der Waals surface area contributed by atoms with Gasteiger partial charge in [-0.3, -0.25) is 0 Å². The van der Waals surface area contributed by atoms with E-state index in [1.54, 1.807) is 0 Å². The van der Waals surface area contributed by atoms with Crippen LogP contribution in [0.4, 0.5) is 34.1 Å². The molecule has 17 aromatic rings. The fourth-order valence-corrected chi connectivity index (χ4v) is 13.8. The molecule has 0 aliphatic carbocycles. The molecule has 0 aliphatic heterocycles. The number of para-hydroxylation sites is 4. The summed E-state index contributed by atoms with van der Waals surface area (Å²) >= 11 is 0. The topological polar surface area (TPSA) is 16.3 Å². The van der Waals surface area contributed by atoms with Crippen LogP contribution in [0.3, 0.4) is 0 Å². The molecule has 17 rings (SSSR count). The van der Waals surface area contributed by atoms with Crippen molar-refractivity contribution in [3.05, 3.63) is 376 Å². The van der Waals surface area contributed by atoms with E-state index < -0.39 is 0 Å². The molecule has 0 N–H and O–H groups in total. The molecule has 0 atom stereocenters. The number of nitrogens with zero attached hydrogens (tertiary/aromatic N) is 4. The maximum atomic E-state index is 2.37. The number of hydrogen-bond acceptors (Lipinski definition) is 2. The van der Waals surface area contributed by atoms with E-state index in [0.717, 1.165) is 67.8 Å². The zero-order chi connectivity index (χ0) is 62.3. The van der Waals surface area contributed by atoms with Gasteiger partial charge in [0.05, 0.1) is 22.1 Å². The lowest BCUT2D eigenvalue weighted by molar-refractivity contribution is 1.18. The second-order valence-corrected chi connectivity index (χ2v) is 24.1. The average Bonchev–Trinajstić information content (AvgIpc) is 1.63. The minimum atomic E-state index is 1.08. The van der Waals surface area contributed by atoms with Gasteiger partial charge >= 0.3 is 0 Å². The molecular formula is C90H62N4. The van der Waals surface area contributed by atoms with Gasteiger partial charge in [-0.15, -0.1) is 0 Å². The lowest BCUT2D eigenvalue weighted by atomic mass is 9.99. The van der Waals surface area contributed by atoms with Gasteiger partial charge in [0.1, 0.15) is 0 Å². The first kappa shape index (κ1) is 55.6. The Morgan fingerprint density at radius 2 is 0.351 bits per heavy atom. The Balaban J connectivity index is 0.650. The second kappa shape index (κ2) is 24.0. The molecule has 0 saturated heterocycles. The Kier molecular flexibility index (Phi) is 14.2. The molecule has 0 aliphatic rings. The first-order valence-corrected chi connectivity index (χ1v) is 32.2. The quantitative estimate of drug-likeness (QED) is 0.108. The lowest BCUT2D eigenvalue weighted by Crippen LogP contribution is -2.09. The summed E-state index contributed by atoms with van der Waals surface area (Å²) < 4.78 is 4.74. The van der Waals surface area contributed by atoms with E-state index in [4.69, 9.17) is 0 Å². The van der Waals surface area contributed by atoms with Crippen molar-refractivity contribution in [1.29, 1.82) is 0 Å². The van der Waals surface area contributed by atoms with Gasteiger partial charge in [-0.1, -0.05) is 243 Å². The maximum Gasteiger partial charge on any atom is 0.0541 e. The van der Waals surface area contributed by atoms with Crippen LogP contribution in [0, 0.1) is 0 Å². The molecule has 0 fully saturated rings. The third-order valence-corrected chi connectivity index (χ3v) is 18.6. The van der Waals surface area contributed by atoms with Crippen molar-refractivity contribution in [3.8, 4) is 78.1 Å². The van der Waals surface area contributed by atoms with Crippen LogP contribution >= 0.6 is 0 Å². The van der Waals surface area contributed by atoms with Crippen molar-refractivity contribution in [2.45, 2.75) is 0 Å². The van der Waals surface area contributed by atoms with Crippen LogP contribution in [0.1, 0.15) is 0 Å². The van der Waals surface area contributed by atoms with Gasteiger partial charge in [0.25, 0.3) is 0 Å². The fourth-order valence-electron chi connectivity index (χ4n) is 13.8. The molecule has 4 nitrogen and oxygen atoms in total. The van der Waals surface area contributed by atoms with Crippen molar-refractivity contribution in [3.63, 3.8) is 0 Å². The highest BCUT2D eigenvalue weighted by molar-refractivity contribution is 6.12. The summed E-state index contributed by atoms with van der Waals surface area (Å²) in [6, 6.07) is 137. The zero-order valence-electron chi connectivity index (χ0n) is 51.6. The van der Waals surface area contributed by atoms with Crippen LogP contribution in [0.25, 0.3) is 122 Å². The van der Waals surface area contributed by atoms with Crippen molar-refractivity contribution in [1.82, 2.24) is 9.13 Å². The Labute approximate surface area is 547 Å². The van der Waals surface area contributed by atoms with Gasteiger partial charge in [-0.05, 0) is 200 Å². The Bertz CT molecular complexity index is 5160. The van der Waals surface area contributed by atoms with Crippen LogP contribution in [0.2, 0.25) is 0 Å². The summed E-state index contributed by atoms with van der Waals surface area (Å²) in [5.74, 6) is 0. The van der Waals surface area contributed by atoms with Crippen LogP contribution in [0.5, 0.6) is 0 Å². The molecule has 4 heteroatoms. The number of anilines is 6. The molecule has 0 saturated carbocycles. The zero-order valence-corrected chi connectivity index (χ0v) is 51.6. The van der Waals surface area contributed by atoms with E-state index in [1.165, 1.54) is 88.1 Å². The fraction of sp³-hybridized carbons (Fsp3) is 0. The van der Waals surface area contributed by atoms with E-state index in [1.807, 2.05) is 0 Å². The monoisotopic (exact) mass is 1200 g/mol. The summed E-state index contributed by atoms with van der Waals surface area (Å²) in [5, 5.41) is 4.97. The minimum absolute atomic E-state index is 1.08. The highest BCUT2D eigenvalue weighted by Crippen LogP contribution is 2.43. The summed E-state index contributed by atoms with van der Waals surface area (Å²) in [6.07, 6.45) is 0. The molecular weight excluding hydrogens is 1140 g/mol. The number of hydrogen-bond donors (Lipinski definition) is 0. The van der Waals surface area contributed by atoms with Crippen molar-refractivity contribution < 1.29 is 0 Å².